The molecule has 0 heterocycles. The number of benzene rings is 3. The van der Waals surface area contributed by atoms with Crippen molar-refractivity contribution in [2.45, 2.75) is 59.0 Å². The van der Waals surface area contributed by atoms with Gasteiger partial charge in [-0.1, -0.05) is 81.4 Å². The van der Waals surface area contributed by atoms with Crippen LogP contribution in [0.3, 0.4) is 0 Å². The summed E-state index contributed by atoms with van der Waals surface area (Å²) in [5, 5.41) is 4.20. The number of carbonyl (C=O) groups is 1. The summed E-state index contributed by atoms with van der Waals surface area (Å²) in [6, 6.07) is 21.9. The van der Waals surface area contributed by atoms with Crippen molar-refractivity contribution in [2.75, 3.05) is 0 Å². The lowest BCUT2D eigenvalue weighted by molar-refractivity contribution is -0.107. The van der Waals surface area contributed by atoms with Gasteiger partial charge in [-0.25, -0.2) is 0 Å². The second-order valence-electron chi connectivity index (χ2n) is 8.71. The fourth-order valence-corrected chi connectivity index (χ4v) is 3.85. The molecule has 0 radical (unpaired) electrons. The molecule has 0 amide bonds. The minimum absolute atomic E-state index is 0.338. The van der Waals surface area contributed by atoms with Crippen molar-refractivity contribution in [2.24, 2.45) is 5.16 Å². The van der Waals surface area contributed by atoms with E-state index in [0.717, 1.165) is 23.2 Å². The Kier molecular flexibility index (Phi) is 8.82. The summed E-state index contributed by atoms with van der Waals surface area (Å²) in [6.07, 6.45) is 3.69. The molecule has 3 rings (SSSR count). The second kappa shape index (κ2) is 12.0. The predicted octanol–water partition coefficient (Wildman–Crippen LogP) is 7.21. The molecule has 0 saturated carbocycles. The molecule has 0 unspecified atom stereocenters. The van der Waals surface area contributed by atoms with Crippen LogP contribution in [0.15, 0.2) is 71.9 Å². The fourth-order valence-electron chi connectivity index (χ4n) is 3.85. The zero-order valence-electron chi connectivity index (χ0n) is 20.0. The number of hydrogen-bond donors (Lipinski definition) is 0. The molecule has 172 valence electrons. The van der Waals surface area contributed by atoms with Gasteiger partial charge in [0.2, 0.25) is 0 Å². The van der Waals surface area contributed by atoms with E-state index in [0.29, 0.717) is 37.0 Å². The number of ether oxygens (including phenoxy) is 1. The van der Waals surface area contributed by atoms with Crippen molar-refractivity contribution in [1.82, 2.24) is 0 Å². The average molecular weight is 444 g/mol. The van der Waals surface area contributed by atoms with E-state index in [1.54, 1.807) is 6.21 Å². The van der Waals surface area contributed by atoms with E-state index in [1.165, 1.54) is 16.7 Å². The summed E-state index contributed by atoms with van der Waals surface area (Å²) in [4.78, 5) is 16.5. The fraction of sp³-hybridized carbons (Fsp3) is 0.310. The number of carbonyl (C=O) groups excluding carboxylic acids is 1. The van der Waals surface area contributed by atoms with Crippen molar-refractivity contribution < 1.29 is 14.4 Å². The highest BCUT2D eigenvalue weighted by molar-refractivity contribution is 5.61. The van der Waals surface area contributed by atoms with Gasteiger partial charge in [0.25, 0.3) is 0 Å². The number of nitrogens with zero attached hydrogens (tertiary/aromatic N) is 1. The van der Waals surface area contributed by atoms with Crippen LogP contribution < -0.4 is 4.74 Å². The number of oxime groups is 1. The van der Waals surface area contributed by atoms with Crippen LogP contribution >= 0.6 is 0 Å². The molecule has 0 N–H and O–H groups in total. The average Bonchev–Trinajstić information content (AvgIpc) is 2.81. The Labute approximate surface area is 197 Å². The Hall–Kier alpha value is -3.40. The number of rotatable bonds is 11. The second-order valence-corrected chi connectivity index (χ2v) is 8.71. The van der Waals surface area contributed by atoms with Crippen molar-refractivity contribution in [3.63, 3.8) is 0 Å². The van der Waals surface area contributed by atoms with Crippen LogP contribution in [0.1, 0.15) is 67.3 Å². The van der Waals surface area contributed by atoms with Gasteiger partial charge in [-0.2, -0.15) is 0 Å². The van der Waals surface area contributed by atoms with Crippen molar-refractivity contribution in [3.05, 3.63) is 94.5 Å². The van der Waals surface area contributed by atoms with Gasteiger partial charge in [0.1, 0.15) is 24.4 Å². The van der Waals surface area contributed by atoms with Crippen LogP contribution in [0.25, 0.3) is 0 Å². The molecule has 0 bridgehead atoms. The first-order valence-electron chi connectivity index (χ1n) is 11.5. The van der Waals surface area contributed by atoms with E-state index in [9.17, 15) is 4.79 Å². The normalized spacial score (nSPS) is 11.3. The van der Waals surface area contributed by atoms with Crippen LogP contribution in [-0.4, -0.2) is 12.5 Å². The topological polar surface area (TPSA) is 47.9 Å². The molecule has 0 atom stereocenters. The molecule has 3 aromatic carbocycles. The summed E-state index contributed by atoms with van der Waals surface area (Å²) in [6.45, 7) is 9.31. The van der Waals surface area contributed by atoms with Crippen molar-refractivity contribution in [1.29, 1.82) is 0 Å². The molecule has 0 aliphatic rings. The number of hydrogen-bond acceptors (Lipinski definition) is 4. The third-order valence-corrected chi connectivity index (χ3v) is 5.60. The molecular formula is C29H33NO3. The largest absolute Gasteiger partial charge is 0.457 e. The van der Waals surface area contributed by atoms with Crippen molar-refractivity contribution in [3.8, 4) is 11.5 Å². The SMILES string of the molecule is CC(C)c1cccc(C(C)C)c1CON=CCc1ccc(Oc2ccccc2CC=O)cc1. The molecule has 0 saturated heterocycles. The molecule has 0 aliphatic carbocycles. The molecule has 0 aliphatic heterocycles. The molecule has 0 spiro atoms. The van der Waals surface area contributed by atoms with Gasteiger partial charge < -0.3 is 14.4 Å². The zero-order valence-corrected chi connectivity index (χ0v) is 20.0. The van der Waals surface area contributed by atoms with Crippen LogP contribution in [-0.2, 0) is 29.1 Å². The molecule has 0 aromatic heterocycles. The molecule has 0 fully saturated rings. The third kappa shape index (κ3) is 6.79. The minimum Gasteiger partial charge on any atom is -0.457 e. The highest BCUT2D eigenvalue weighted by Crippen LogP contribution is 2.28. The maximum absolute atomic E-state index is 10.9. The highest BCUT2D eigenvalue weighted by Gasteiger charge is 2.14. The smallest absolute Gasteiger partial charge is 0.142 e. The summed E-state index contributed by atoms with van der Waals surface area (Å²) in [5.74, 6) is 2.32. The molecule has 3 aromatic rings. The Morgan fingerprint density at radius 2 is 1.48 bits per heavy atom. The van der Waals surface area contributed by atoms with E-state index in [1.807, 2.05) is 48.5 Å². The number of aldehydes is 1. The Balaban J connectivity index is 1.57. The van der Waals surface area contributed by atoms with E-state index >= 15 is 0 Å². The third-order valence-electron chi connectivity index (χ3n) is 5.60. The van der Waals surface area contributed by atoms with Gasteiger partial charge in [-0.15, -0.1) is 0 Å². The standard InChI is InChI=1S/C29H33NO3/c1-21(2)26-9-7-10-27(22(3)4)28(26)20-32-30-18-16-23-12-14-25(15-13-23)33-29-11-6-5-8-24(29)17-19-31/h5-15,18-19,21-22H,16-17,20H2,1-4H3. The first-order chi connectivity index (χ1) is 16.0. The molecule has 4 heteroatoms. The summed E-state index contributed by atoms with van der Waals surface area (Å²) in [5.41, 5.74) is 5.88. The Bertz CT molecular complexity index is 1040. The minimum atomic E-state index is 0.338. The van der Waals surface area contributed by atoms with Gasteiger partial charge >= 0.3 is 0 Å². The van der Waals surface area contributed by atoms with Crippen LogP contribution in [0, 0.1) is 0 Å². The van der Waals surface area contributed by atoms with Crippen LogP contribution in [0.4, 0.5) is 0 Å². The van der Waals surface area contributed by atoms with Crippen LogP contribution in [0.5, 0.6) is 11.5 Å². The predicted molar refractivity (Wildman–Crippen MR) is 134 cm³/mol. The molecule has 33 heavy (non-hydrogen) atoms. The monoisotopic (exact) mass is 443 g/mol. The van der Waals surface area contributed by atoms with Gasteiger partial charge in [0.05, 0.1) is 0 Å². The molecule has 4 nitrogen and oxygen atoms in total. The Morgan fingerprint density at radius 1 is 0.818 bits per heavy atom. The summed E-state index contributed by atoms with van der Waals surface area (Å²) in [7, 11) is 0. The lowest BCUT2D eigenvalue weighted by Gasteiger charge is -2.18. The quantitative estimate of drug-likeness (QED) is 0.179. The van der Waals surface area contributed by atoms with Gasteiger partial charge in [-0.05, 0) is 52.3 Å². The lowest BCUT2D eigenvalue weighted by atomic mass is 9.89. The summed E-state index contributed by atoms with van der Waals surface area (Å²) < 4.78 is 5.95. The first-order valence-corrected chi connectivity index (χ1v) is 11.5. The molecular weight excluding hydrogens is 410 g/mol. The Morgan fingerprint density at radius 3 is 2.12 bits per heavy atom. The zero-order chi connectivity index (χ0) is 23.6. The summed E-state index contributed by atoms with van der Waals surface area (Å²) >= 11 is 0. The van der Waals surface area contributed by atoms with Crippen molar-refractivity contribution >= 4 is 12.5 Å². The first kappa shape index (κ1) is 24.2. The maximum Gasteiger partial charge on any atom is 0.142 e. The van der Waals surface area contributed by atoms with E-state index < -0.39 is 0 Å². The highest BCUT2D eigenvalue weighted by atomic mass is 16.6. The number of para-hydroxylation sites is 1. The maximum atomic E-state index is 10.9. The van der Waals surface area contributed by atoms with E-state index in [2.05, 4.69) is 51.0 Å². The van der Waals surface area contributed by atoms with E-state index in [-0.39, 0.29) is 0 Å². The van der Waals surface area contributed by atoms with Gasteiger partial charge in [0, 0.05) is 24.6 Å². The lowest BCUT2D eigenvalue weighted by Crippen LogP contribution is -2.04. The van der Waals surface area contributed by atoms with Gasteiger partial charge in [-0.3, -0.25) is 0 Å². The van der Waals surface area contributed by atoms with E-state index in [4.69, 9.17) is 9.57 Å². The van der Waals surface area contributed by atoms with Gasteiger partial charge in [0.15, 0.2) is 0 Å². The van der Waals surface area contributed by atoms with Crippen LogP contribution in [0.2, 0.25) is 0 Å².